The van der Waals surface area contributed by atoms with Crippen LogP contribution in [0.15, 0.2) is 41.8 Å². The summed E-state index contributed by atoms with van der Waals surface area (Å²) in [6.07, 6.45) is 2.09. The highest BCUT2D eigenvalue weighted by Gasteiger charge is 2.18. The minimum Gasteiger partial charge on any atom is -0.368 e. The average Bonchev–Trinajstić information content (AvgIpc) is 2.83. The van der Waals surface area contributed by atoms with E-state index in [0.717, 1.165) is 11.3 Å². The number of hydrogen-bond donors (Lipinski definition) is 2. The number of rotatable bonds is 4. The highest BCUT2D eigenvalue weighted by atomic mass is 15.4. The van der Waals surface area contributed by atoms with Crippen molar-refractivity contribution < 1.29 is 0 Å². The van der Waals surface area contributed by atoms with Gasteiger partial charge in [-0.3, -0.25) is 0 Å². The molecule has 0 radical (unpaired) electrons. The lowest BCUT2D eigenvalue weighted by Gasteiger charge is -2.18. The Bertz CT molecular complexity index is 531. The minimum atomic E-state index is -0.0407. The van der Waals surface area contributed by atoms with Crippen LogP contribution in [0.2, 0.25) is 0 Å². The molecule has 0 amide bonds. The predicted octanol–water partition coefficient (Wildman–Crippen LogP) is 1.17. The summed E-state index contributed by atoms with van der Waals surface area (Å²) < 4.78 is 1.68. The fourth-order valence-electron chi connectivity index (χ4n) is 1.85. The van der Waals surface area contributed by atoms with Gasteiger partial charge in [0.15, 0.2) is 0 Å². The molecule has 2 aromatic rings. The second-order valence-corrected chi connectivity index (χ2v) is 4.06. The van der Waals surface area contributed by atoms with Crippen LogP contribution in [0, 0.1) is 0 Å². The summed E-state index contributed by atoms with van der Waals surface area (Å²) >= 11 is 0. The van der Waals surface area contributed by atoms with Crippen LogP contribution in [0.25, 0.3) is 0 Å². The molecule has 4 N–H and O–H groups in total. The van der Waals surface area contributed by atoms with E-state index in [-0.39, 0.29) is 6.04 Å². The van der Waals surface area contributed by atoms with Gasteiger partial charge in [-0.15, -0.1) is 0 Å². The molecule has 0 bridgehead atoms. The number of benzene rings is 1. The lowest BCUT2D eigenvalue weighted by atomic mass is 10.0. The summed E-state index contributed by atoms with van der Waals surface area (Å²) in [5.41, 5.74) is 7.74. The van der Waals surface area contributed by atoms with Crippen molar-refractivity contribution in [3.63, 3.8) is 0 Å². The lowest BCUT2D eigenvalue weighted by molar-refractivity contribution is 0.544. The number of hydrogen-bond acceptors (Lipinski definition) is 5. The van der Waals surface area contributed by atoms with Gasteiger partial charge >= 0.3 is 0 Å². The van der Waals surface area contributed by atoms with Gasteiger partial charge in [-0.2, -0.15) is 10.2 Å². The Kier molecular flexibility index (Phi) is 3.57. The molecule has 0 fully saturated rings. The van der Waals surface area contributed by atoms with E-state index in [1.165, 1.54) is 6.33 Å². The van der Waals surface area contributed by atoms with Crippen LogP contribution in [0.5, 0.6) is 0 Å². The molecule has 1 aromatic carbocycles. The Morgan fingerprint density at radius 1 is 1.39 bits per heavy atom. The number of aromatic nitrogens is 3. The molecule has 0 aliphatic carbocycles. The average molecular weight is 244 g/mol. The van der Waals surface area contributed by atoms with Gasteiger partial charge in [0.25, 0.3) is 0 Å². The van der Waals surface area contributed by atoms with Crippen LogP contribution >= 0.6 is 0 Å². The quantitative estimate of drug-likeness (QED) is 0.479. The van der Waals surface area contributed by atoms with E-state index in [0.29, 0.717) is 12.4 Å². The van der Waals surface area contributed by atoms with Crippen molar-refractivity contribution in [2.45, 2.75) is 19.4 Å². The molecule has 0 spiro atoms. The Hall–Kier alpha value is -2.37. The van der Waals surface area contributed by atoms with Gasteiger partial charge in [0.05, 0.1) is 6.04 Å². The zero-order chi connectivity index (χ0) is 13.0. The predicted molar refractivity (Wildman–Crippen MR) is 70.9 cm³/mol. The van der Waals surface area contributed by atoms with Crippen LogP contribution < -0.4 is 11.6 Å². The highest BCUT2D eigenvalue weighted by Crippen LogP contribution is 2.23. The van der Waals surface area contributed by atoms with Gasteiger partial charge in [0.1, 0.15) is 6.33 Å². The maximum Gasteiger partial charge on any atom is 0.219 e. The molecule has 94 valence electrons. The molecule has 6 heteroatoms. The fourth-order valence-corrected chi connectivity index (χ4v) is 1.85. The van der Waals surface area contributed by atoms with E-state index in [1.807, 2.05) is 37.3 Å². The summed E-state index contributed by atoms with van der Waals surface area (Å²) in [7, 11) is 0. The first-order valence-corrected chi connectivity index (χ1v) is 5.65. The van der Waals surface area contributed by atoms with Crippen LogP contribution in [-0.4, -0.2) is 20.5 Å². The second-order valence-electron chi connectivity index (χ2n) is 4.06. The monoisotopic (exact) mass is 244 g/mol. The normalized spacial score (nSPS) is 13.5. The maximum atomic E-state index is 5.81. The first-order chi connectivity index (χ1) is 8.72. The molecule has 0 saturated carbocycles. The summed E-state index contributed by atoms with van der Waals surface area (Å²) in [6.45, 7) is 1.88. The van der Waals surface area contributed by atoms with Gasteiger partial charge in [-0.05, 0) is 12.5 Å². The largest absolute Gasteiger partial charge is 0.368 e. The molecule has 1 atom stereocenters. The van der Waals surface area contributed by atoms with Crippen molar-refractivity contribution in [2.75, 3.05) is 5.73 Å². The van der Waals surface area contributed by atoms with Crippen molar-refractivity contribution in [2.24, 2.45) is 10.9 Å². The Morgan fingerprint density at radius 2 is 2.11 bits per heavy atom. The zero-order valence-corrected chi connectivity index (χ0v) is 10.2. The van der Waals surface area contributed by atoms with Crippen molar-refractivity contribution in [1.82, 2.24) is 14.8 Å². The van der Waals surface area contributed by atoms with Crippen molar-refractivity contribution in [3.8, 4) is 0 Å². The molecular formula is C12H16N6. The molecular weight excluding hydrogens is 228 g/mol. The van der Waals surface area contributed by atoms with Crippen LogP contribution in [0.3, 0.4) is 0 Å². The van der Waals surface area contributed by atoms with Gasteiger partial charge in [-0.25, -0.2) is 9.67 Å². The Balaban J connectivity index is 2.38. The van der Waals surface area contributed by atoms with E-state index in [9.17, 15) is 0 Å². The molecule has 18 heavy (non-hydrogen) atoms. The Morgan fingerprint density at radius 3 is 2.67 bits per heavy atom. The van der Waals surface area contributed by atoms with E-state index in [4.69, 9.17) is 11.6 Å². The van der Waals surface area contributed by atoms with Crippen LogP contribution in [0.1, 0.15) is 24.9 Å². The molecule has 2 rings (SSSR count). The minimum absolute atomic E-state index is 0.0407. The molecule has 0 saturated heterocycles. The molecule has 1 aromatic heterocycles. The summed E-state index contributed by atoms with van der Waals surface area (Å²) in [6, 6.07) is 9.93. The molecule has 6 nitrogen and oxygen atoms in total. The van der Waals surface area contributed by atoms with Crippen molar-refractivity contribution in [1.29, 1.82) is 0 Å². The van der Waals surface area contributed by atoms with Gasteiger partial charge < -0.3 is 11.6 Å². The SMILES string of the molecule is C/C(CC(c1ccccc1)n1ncnc1N)=N/N. The summed E-state index contributed by atoms with van der Waals surface area (Å²) in [5, 5.41) is 7.87. The maximum absolute atomic E-state index is 5.81. The zero-order valence-electron chi connectivity index (χ0n) is 10.2. The van der Waals surface area contributed by atoms with E-state index in [2.05, 4.69) is 15.2 Å². The third kappa shape index (κ3) is 2.48. The van der Waals surface area contributed by atoms with Gasteiger partial charge in [0.2, 0.25) is 5.95 Å². The van der Waals surface area contributed by atoms with Crippen molar-refractivity contribution >= 4 is 11.7 Å². The molecule has 0 aliphatic rings. The number of anilines is 1. The topological polar surface area (TPSA) is 95.1 Å². The lowest BCUT2D eigenvalue weighted by Crippen LogP contribution is -2.18. The van der Waals surface area contributed by atoms with Crippen molar-refractivity contribution in [3.05, 3.63) is 42.2 Å². The van der Waals surface area contributed by atoms with E-state index in [1.54, 1.807) is 4.68 Å². The second kappa shape index (κ2) is 5.31. The van der Waals surface area contributed by atoms with Crippen LogP contribution in [0.4, 0.5) is 5.95 Å². The number of nitrogen functional groups attached to an aromatic ring is 1. The smallest absolute Gasteiger partial charge is 0.219 e. The molecule has 0 aliphatic heterocycles. The Labute approximate surface area is 105 Å². The van der Waals surface area contributed by atoms with E-state index < -0.39 is 0 Å². The van der Waals surface area contributed by atoms with Crippen LogP contribution in [-0.2, 0) is 0 Å². The molecule has 1 heterocycles. The van der Waals surface area contributed by atoms with Gasteiger partial charge in [0, 0.05) is 12.1 Å². The third-order valence-electron chi connectivity index (χ3n) is 2.79. The number of hydrazone groups is 1. The summed E-state index contributed by atoms with van der Waals surface area (Å²) in [4.78, 5) is 3.95. The molecule has 1 unspecified atom stereocenters. The third-order valence-corrected chi connectivity index (χ3v) is 2.79. The van der Waals surface area contributed by atoms with Gasteiger partial charge in [-0.1, -0.05) is 30.3 Å². The van der Waals surface area contributed by atoms with E-state index >= 15 is 0 Å². The number of nitrogens with two attached hydrogens (primary N) is 2. The fraction of sp³-hybridized carbons (Fsp3) is 0.250. The number of nitrogens with zero attached hydrogens (tertiary/aromatic N) is 4. The highest BCUT2D eigenvalue weighted by molar-refractivity contribution is 5.82. The first kappa shape index (κ1) is 12.1. The standard InChI is InChI=1S/C12H16N6/c1-9(17-14)7-11(10-5-3-2-4-6-10)18-12(13)15-8-16-18/h2-6,8,11H,7,14H2,1H3,(H2,13,15,16)/b17-9-. The summed E-state index contributed by atoms with van der Waals surface area (Å²) in [5.74, 6) is 5.68. The first-order valence-electron chi connectivity index (χ1n) is 5.65.